The molecule has 9 nitrogen and oxygen atoms in total. The van der Waals surface area contributed by atoms with E-state index < -0.39 is 32.5 Å². The number of carbonyl (C=O) groups excluding carboxylic acids is 2. The van der Waals surface area contributed by atoms with Gasteiger partial charge >= 0.3 is 11.9 Å². The number of unbranched alkanes of at least 4 members (excludes halogenated alkanes) is 9. The van der Waals surface area contributed by atoms with Gasteiger partial charge in [-0.3, -0.25) is 14.2 Å². The summed E-state index contributed by atoms with van der Waals surface area (Å²) in [6, 6.07) is 0. The summed E-state index contributed by atoms with van der Waals surface area (Å²) in [4.78, 5) is 37.4. The van der Waals surface area contributed by atoms with Crippen LogP contribution in [-0.4, -0.2) is 70.0 Å². The van der Waals surface area contributed by atoms with Crippen LogP contribution < -0.4 is 4.89 Å². The topological polar surface area (TPSA) is 111 Å². The molecule has 0 heterocycles. The Bertz CT molecular complexity index is 1140. The quantitative estimate of drug-likeness (QED) is 0.0206. The van der Waals surface area contributed by atoms with Crippen LogP contribution in [0, 0.1) is 0 Å². The van der Waals surface area contributed by atoms with E-state index in [1.165, 1.54) is 12.8 Å². The average Bonchev–Trinajstić information content (AvgIpc) is 3.10. The number of ether oxygens (including phenoxy) is 2. The van der Waals surface area contributed by atoms with E-state index in [9.17, 15) is 19.0 Å². The van der Waals surface area contributed by atoms with E-state index in [4.69, 9.17) is 18.5 Å². The van der Waals surface area contributed by atoms with Gasteiger partial charge in [0.2, 0.25) is 0 Å². The Balaban J connectivity index is 4.53. The van der Waals surface area contributed by atoms with E-state index in [-0.39, 0.29) is 26.1 Å². The van der Waals surface area contributed by atoms with Gasteiger partial charge in [-0.05, 0) is 77.0 Å². The zero-order valence-corrected chi connectivity index (χ0v) is 34.8. The molecule has 0 rings (SSSR count). The molecule has 0 aromatic carbocycles. The van der Waals surface area contributed by atoms with Gasteiger partial charge in [-0.25, -0.2) is 0 Å². The molecule has 0 saturated carbocycles. The number of hydrogen-bond donors (Lipinski definition) is 0. The van der Waals surface area contributed by atoms with Crippen molar-refractivity contribution in [3.8, 4) is 0 Å². The fourth-order valence-electron chi connectivity index (χ4n) is 4.78. The second-order valence-corrected chi connectivity index (χ2v) is 15.7. The number of quaternary nitrogens is 1. The van der Waals surface area contributed by atoms with E-state index in [1.54, 1.807) is 0 Å². The summed E-state index contributed by atoms with van der Waals surface area (Å²) in [6.45, 7) is 3.97. The summed E-state index contributed by atoms with van der Waals surface area (Å²) in [5.41, 5.74) is 0. The Hall–Kier alpha value is -2.55. The van der Waals surface area contributed by atoms with Gasteiger partial charge in [0.1, 0.15) is 19.8 Å². The lowest BCUT2D eigenvalue weighted by Crippen LogP contribution is -2.37. The maximum Gasteiger partial charge on any atom is 0.306 e. The van der Waals surface area contributed by atoms with E-state index in [2.05, 4.69) is 86.8 Å². The summed E-state index contributed by atoms with van der Waals surface area (Å²) in [7, 11) is 1.11. The molecule has 0 saturated heterocycles. The van der Waals surface area contributed by atoms with Crippen LogP contribution in [0.1, 0.15) is 136 Å². The minimum Gasteiger partial charge on any atom is -0.756 e. The number of phosphoric acid groups is 1. The monoisotopic (exact) mass is 764 g/mol. The van der Waals surface area contributed by atoms with Gasteiger partial charge in [0, 0.05) is 12.8 Å². The third kappa shape index (κ3) is 39.0. The fourth-order valence-corrected chi connectivity index (χ4v) is 5.51. The Morgan fingerprint density at radius 1 is 0.604 bits per heavy atom. The van der Waals surface area contributed by atoms with Crippen molar-refractivity contribution in [2.24, 2.45) is 0 Å². The van der Waals surface area contributed by atoms with E-state index in [0.29, 0.717) is 23.9 Å². The van der Waals surface area contributed by atoms with Crippen molar-refractivity contribution in [2.75, 3.05) is 47.5 Å². The highest BCUT2D eigenvalue weighted by Gasteiger charge is 2.21. The van der Waals surface area contributed by atoms with Crippen molar-refractivity contribution in [1.29, 1.82) is 0 Å². The standard InChI is InChI=1S/C43H74NO8P/c1-6-8-10-12-14-16-18-20-22-24-26-28-30-32-34-36-43(46)52-41(40-51-53(47,48)50-38-37-44(3,4)5)39-49-42(45)35-33-31-29-27-25-23-21-19-17-15-13-11-9-7-2/h8,10,13-16,19-22,26,28,41H,6-7,9,11-12,17-18,23-25,27,29-40H2,1-5H3/b10-8-,15-13-,16-14-,21-19-,22-20-,28-26-. The maximum absolute atomic E-state index is 12.6. The van der Waals surface area contributed by atoms with Gasteiger partial charge in [-0.15, -0.1) is 0 Å². The van der Waals surface area contributed by atoms with E-state index in [1.807, 2.05) is 21.1 Å². The molecule has 10 heteroatoms. The first-order valence-corrected chi connectivity index (χ1v) is 21.6. The number of hydrogen-bond acceptors (Lipinski definition) is 8. The van der Waals surface area contributed by atoms with Crippen LogP contribution >= 0.6 is 7.82 Å². The number of likely N-dealkylation sites (N-methyl/N-ethyl adjacent to an activating group) is 1. The SMILES string of the molecule is CC/C=C\C/C=C\C/C=C\C/C=C\CCCCC(=O)OC(COC(=O)CCCCCCC/C=C\C/C=C\CCCC)COP(=O)([O-])OCC[N+](C)(C)C. The first kappa shape index (κ1) is 50.5. The molecule has 0 aromatic rings. The van der Waals surface area contributed by atoms with Crippen LogP contribution in [0.15, 0.2) is 72.9 Å². The molecule has 0 aromatic heterocycles. The number of rotatable bonds is 35. The molecule has 0 spiro atoms. The van der Waals surface area contributed by atoms with Gasteiger partial charge < -0.3 is 27.9 Å². The molecular weight excluding hydrogens is 689 g/mol. The summed E-state index contributed by atoms with van der Waals surface area (Å²) in [5, 5.41) is 0. The number of carbonyl (C=O) groups is 2. The van der Waals surface area contributed by atoms with Crippen LogP contribution in [-0.2, 0) is 32.7 Å². The highest BCUT2D eigenvalue weighted by Crippen LogP contribution is 2.38. The Morgan fingerprint density at radius 3 is 1.64 bits per heavy atom. The van der Waals surface area contributed by atoms with Gasteiger partial charge in [0.15, 0.2) is 6.10 Å². The second-order valence-electron chi connectivity index (χ2n) is 14.3. The van der Waals surface area contributed by atoms with Crippen molar-refractivity contribution in [3.63, 3.8) is 0 Å². The largest absolute Gasteiger partial charge is 0.756 e. The summed E-state index contributed by atoms with van der Waals surface area (Å²) in [5.74, 6) is -0.909. The van der Waals surface area contributed by atoms with Gasteiger partial charge in [0.25, 0.3) is 7.82 Å². The van der Waals surface area contributed by atoms with Crippen LogP contribution in [0.3, 0.4) is 0 Å². The van der Waals surface area contributed by atoms with Crippen molar-refractivity contribution < 1.29 is 42.1 Å². The zero-order valence-electron chi connectivity index (χ0n) is 33.9. The van der Waals surface area contributed by atoms with Crippen molar-refractivity contribution >= 4 is 19.8 Å². The molecule has 2 atom stereocenters. The fraction of sp³-hybridized carbons (Fsp3) is 0.674. The molecular formula is C43H74NO8P. The summed E-state index contributed by atoms with van der Waals surface area (Å²) < 4.78 is 33.7. The number of esters is 2. The molecule has 0 fully saturated rings. The highest BCUT2D eigenvalue weighted by atomic mass is 31.2. The molecule has 0 radical (unpaired) electrons. The second kappa shape index (κ2) is 35.2. The third-order valence-electron chi connectivity index (χ3n) is 7.96. The minimum absolute atomic E-state index is 0.0452. The summed E-state index contributed by atoms with van der Waals surface area (Å²) >= 11 is 0. The minimum atomic E-state index is -4.64. The van der Waals surface area contributed by atoms with Gasteiger partial charge in [-0.1, -0.05) is 119 Å². The summed E-state index contributed by atoms with van der Waals surface area (Å²) in [6.07, 6.45) is 42.2. The van der Waals surface area contributed by atoms with Crippen LogP contribution in [0.5, 0.6) is 0 Å². The Labute approximate surface area is 323 Å². The normalized spacial score (nSPS) is 14.5. The molecule has 0 N–H and O–H groups in total. The van der Waals surface area contributed by atoms with Gasteiger partial charge in [-0.2, -0.15) is 0 Å². The van der Waals surface area contributed by atoms with E-state index in [0.717, 1.165) is 83.5 Å². The Kier molecular flexibility index (Phi) is 33.5. The van der Waals surface area contributed by atoms with Crippen molar-refractivity contribution in [2.45, 2.75) is 142 Å². The molecule has 0 amide bonds. The molecule has 53 heavy (non-hydrogen) atoms. The van der Waals surface area contributed by atoms with Crippen molar-refractivity contribution in [3.05, 3.63) is 72.9 Å². The third-order valence-corrected chi connectivity index (χ3v) is 8.92. The molecule has 0 aliphatic carbocycles. The molecule has 0 aliphatic heterocycles. The van der Waals surface area contributed by atoms with Crippen LogP contribution in [0.2, 0.25) is 0 Å². The molecule has 0 aliphatic rings. The molecule has 2 unspecified atom stereocenters. The smallest absolute Gasteiger partial charge is 0.306 e. The zero-order chi connectivity index (χ0) is 39.3. The molecule has 0 bridgehead atoms. The molecule has 304 valence electrons. The van der Waals surface area contributed by atoms with Crippen LogP contribution in [0.4, 0.5) is 0 Å². The number of phosphoric ester groups is 1. The lowest BCUT2D eigenvalue weighted by molar-refractivity contribution is -0.870. The number of nitrogens with zero attached hydrogens (tertiary/aromatic N) is 1. The van der Waals surface area contributed by atoms with Crippen LogP contribution in [0.25, 0.3) is 0 Å². The lowest BCUT2D eigenvalue weighted by Gasteiger charge is -2.28. The van der Waals surface area contributed by atoms with E-state index >= 15 is 0 Å². The average molecular weight is 764 g/mol. The lowest BCUT2D eigenvalue weighted by atomic mass is 10.1. The number of allylic oxidation sites excluding steroid dienone is 12. The highest BCUT2D eigenvalue weighted by molar-refractivity contribution is 7.45. The predicted molar refractivity (Wildman–Crippen MR) is 217 cm³/mol. The first-order chi connectivity index (χ1) is 25.5. The first-order valence-electron chi connectivity index (χ1n) is 20.1. The predicted octanol–water partition coefficient (Wildman–Crippen LogP) is 10.4. The van der Waals surface area contributed by atoms with Gasteiger partial charge in [0.05, 0.1) is 27.7 Å². The van der Waals surface area contributed by atoms with Crippen molar-refractivity contribution in [1.82, 2.24) is 0 Å². The Morgan fingerprint density at radius 2 is 1.08 bits per heavy atom. The maximum atomic E-state index is 12.6.